The Bertz CT molecular complexity index is 1370. The molecule has 2 N–H and O–H groups in total. The third-order valence-electron chi connectivity index (χ3n) is 5.52. The first-order chi connectivity index (χ1) is 16.8. The van der Waals surface area contributed by atoms with Gasteiger partial charge in [-0.25, -0.2) is 4.79 Å². The number of rotatable bonds is 0. The minimum atomic E-state index is -0.302. The van der Waals surface area contributed by atoms with E-state index in [4.69, 9.17) is 9.15 Å². The van der Waals surface area contributed by atoms with Gasteiger partial charge >= 0.3 is 5.63 Å². The molecule has 0 aliphatic carbocycles. The molecule has 34 heavy (non-hydrogen) atoms. The summed E-state index contributed by atoms with van der Waals surface area (Å²) in [6.45, 7) is 1.11. The molecule has 0 fully saturated rings. The maximum atomic E-state index is 10.7. The highest BCUT2D eigenvalue weighted by atomic mass is 16.5. The minimum Gasteiger partial charge on any atom is -0.453 e. The molecule has 168 valence electrons. The topological polar surface area (TPSA) is 63.5 Å². The van der Waals surface area contributed by atoms with E-state index in [9.17, 15) is 4.79 Å². The van der Waals surface area contributed by atoms with Gasteiger partial charge < -0.3 is 19.8 Å². The van der Waals surface area contributed by atoms with Gasteiger partial charge in [-0.1, -0.05) is 60.7 Å². The number of hydrogen-bond donors (Lipinski definition) is 2. The second kappa shape index (κ2) is 9.96. The predicted octanol–water partition coefficient (Wildman–Crippen LogP) is 6.98. The Morgan fingerprint density at radius 1 is 0.618 bits per heavy atom. The lowest BCUT2D eigenvalue weighted by atomic mass is 10.2. The van der Waals surface area contributed by atoms with Crippen LogP contribution in [0, 0.1) is 0 Å². The van der Waals surface area contributed by atoms with Crippen LogP contribution in [-0.4, -0.2) is 6.54 Å². The lowest BCUT2D eigenvalue weighted by Gasteiger charge is -2.20. The second-order valence-corrected chi connectivity index (χ2v) is 7.85. The fourth-order valence-electron chi connectivity index (χ4n) is 3.84. The molecular weight excluding hydrogens is 424 g/mol. The molecule has 4 aromatic carbocycles. The zero-order valence-corrected chi connectivity index (χ0v) is 18.5. The molecular formula is C29H24N2O3. The molecule has 5 aromatic rings. The van der Waals surface area contributed by atoms with Gasteiger partial charge in [-0.3, -0.25) is 0 Å². The van der Waals surface area contributed by atoms with E-state index in [1.165, 1.54) is 23.7 Å². The first-order valence-electron chi connectivity index (χ1n) is 11.2. The molecule has 2 aliphatic heterocycles. The van der Waals surface area contributed by atoms with Crippen LogP contribution in [0.1, 0.15) is 5.56 Å². The van der Waals surface area contributed by atoms with Gasteiger partial charge in [-0.2, -0.15) is 0 Å². The van der Waals surface area contributed by atoms with Crippen LogP contribution in [0.3, 0.4) is 0 Å². The van der Waals surface area contributed by atoms with E-state index in [2.05, 4.69) is 34.9 Å². The Hall–Kier alpha value is -4.51. The van der Waals surface area contributed by atoms with Crippen molar-refractivity contribution in [2.24, 2.45) is 0 Å². The summed E-state index contributed by atoms with van der Waals surface area (Å²) < 4.78 is 10.6. The third kappa shape index (κ3) is 4.94. The van der Waals surface area contributed by atoms with E-state index in [-0.39, 0.29) is 5.63 Å². The summed E-state index contributed by atoms with van der Waals surface area (Å²) in [6, 6.07) is 34.9. The monoisotopic (exact) mass is 448 g/mol. The van der Waals surface area contributed by atoms with Crippen molar-refractivity contribution in [3.63, 3.8) is 0 Å². The molecule has 0 saturated carbocycles. The van der Waals surface area contributed by atoms with Gasteiger partial charge in [0.15, 0.2) is 11.5 Å². The average molecular weight is 449 g/mol. The van der Waals surface area contributed by atoms with E-state index in [0.29, 0.717) is 5.58 Å². The molecule has 5 heteroatoms. The number of anilines is 3. The predicted molar refractivity (Wildman–Crippen MR) is 137 cm³/mol. The van der Waals surface area contributed by atoms with Gasteiger partial charge in [0, 0.05) is 23.7 Å². The van der Waals surface area contributed by atoms with Gasteiger partial charge in [0.2, 0.25) is 0 Å². The molecule has 0 unspecified atom stereocenters. The van der Waals surface area contributed by atoms with Crippen LogP contribution in [0.4, 0.5) is 17.1 Å². The van der Waals surface area contributed by atoms with Crippen LogP contribution in [-0.2, 0) is 6.42 Å². The quantitative estimate of drug-likeness (QED) is 0.245. The molecule has 2 aliphatic rings. The largest absolute Gasteiger partial charge is 0.453 e. The molecule has 0 spiro atoms. The van der Waals surface area contributed by atoms with Crippen LogP contribution < -0.4 is 21.0 Å². The molecule has 0 saturated heterocycles. The van der Waals surface area contributed by atoms with Gasteiger partial charge in [-0.05, 0) is 54.4 Å². The van der Waals surface area contributed by atoms with Crippen LogP contribution in [0.25, 0.3) is 11.0 Å². The Labute approximate surface area is 197 Å². The third-order valence-corrected chi connectivity index (χ3v) is 5.52. The summed E-state index contributed by atoms with van der Waals surface area (Å²) in [6.07, 6.45) is 1.19. The van der Waals surface area contributed by atoms with Crippen LogP contribution in [0.2, 0.25) is 0 Å². The van der Waals surface area contributed by atoms with E-state index < -0.39 is 0 Å². The maximum absolute atomic E-state index is 10.7. The zero-order valence-electron chi connectivity index (χ0n) is 18.5. The lowest BCUT2D eigenvalue weighted by molar-refractivity contribution is 0.481. The summed E-state index contributed by atoms with van der Waals surface area (Å²) in [5.41, 5.74) is 5.15. The van der Waals surface area contributed by atoms with E-state index in [1.807, 2.05) is 66.7 Å². The summed E-state index contributed by atoms with van der Waals surface area (Å²) in [5.74, 6) is 1.76. The normalized spacial score (nSPS) is 12.1. The Kier molecular flexibility index (Phi) is 6.25. The van der Waals surface area contributed by atoms with Crippen LogP contribution in [0.5, 0.6) is 11.5 Å². The smallest absolute Gasteiger partial charge is 0.336 e. The fraction of sp³-hybridized carbons (Fsp3) is 0.0690. The minimum absolute atomic E-state index is 0.302. The highest BCUT2D eigenvalue weighted by Crippen LogP contribution is 2.40. The van der Waals surface area contributed by atoms with Crippen LogP contribution >= 0.6 is 0 Å². The standard InChI is InChI=1S/C12H9NO.C9H6O2.C8H9N/c1-3-7-11-9(5-1)13-10-6-2-4-8-12(10)14-11;10-9-6-5-7-3-1-2-4-8(7)11-9;1-2-4-8-7(3-1)5-6-9-8/h1-8,13H;1-6H;1-4,9H,5-6H2. The van der Waals surface area contributed by atoms with Crippen LogP contribution in [0.15, 0.2) is 118 Å². The van der Waals surface area contributed by atoms with Crippen molar-refractivity contribution in [2.45, 2.75) is 6.42 Å². The molecule has 5 nitrogen and oxygen atoms in total. The lowest BCUT2D eigenvalue weighted by Crippen LogP contribution is -2.01. The Balaban J connectivity index is 0.000000109. The maximum Gasteiger partial charge on any atom is 0.336 e. The van der Waals surface area contributed by atoms with Gasteiger partial charge in [0.1, 0.15) is 5.58 Å². The number of fused-ring (bicyclic) bond motifs is 4. The van der Waals surface area contributed by atoms with Gasteiger partial charge in [-0.15, -0.1) is 0 Å². The molecule has 0 atom stereocenters. The first-order valence-corrected chi connectivity index (χ1v) is 11.2. The van der Waals surface area contributed by atoms with Crippen molar-refractivity contribution in [3.05, 3.63) is 125 Å². The van der Waals surface area contributed by atoms with Crippen molar-refractivity contribution < 1.29 is 9.15 Å². The Morgan fingerprint density at radius 3 is 1.97 bits per heavy atom. The van der Waals surface area contributed by atoms with E-state index >= 15 is 0 Å². The number of hydrogen-bond acceptors (Lipinski definition) is 5. The van der Waals surface area contributed by atoms with Crippen molar-refractivity contribution in [1.29, 1.82) is 0 Å². The average Bonchev–Trinajstić information content (AvgIpc) is 3.37. The van der Waals surface area contributed by atoms with E-state index in [0.717, 1.165) is 34.8 Å². The second-order valence-electron chi connectivity index (χ2n) is 7.85. The summed E-state index contributed by atoms with van der Waals surface area (Å²) >= 11 is 0. The number of benzene rings is 4. The molecule has 0 bridgehead atoms. The highest BCUT2D eigenvalue weighted by Gasteiger charge is 2.14. The number of ether oxygens (including phenoxy) is 1. The van der Waals surface area contributed by atoms with Crippen molar-refractivity contribution >= 4 is 28.0 Å². The first kappa shape index (κ1) is 21.3. The molecule has 0 radical (unpaired) electrons. The zero-order chi connectivity index (χ0) is 23.2. The molecule has 3 heterocycles. The van der Waals surface area contributed by atoms with Crippen molar-refractivity contribution in [3.8, 4) is 11.5 Å². The Morgan fingerprint density at radius 2 is 1.24 bits per heavy atom. The highest BCUT2D eigenvalue weighted by molar-refractivity contribution is 5.76. The summed E-state index contributed by atoms with van der Waals surface area (Å²) in [7, 11) is 0. The summed E-state index contributed by atoms with van der Waals surface area (Å²) in [5, 5.41) is 7.57. The molecule has 0 amide bonds. The fourth-order valence-corrected chi connectivity index (χ4v) is 3.84. The molecule has 1 aromatic heterocycles. The number of nitrogens with one attached hydrogen (secondary N) is 2. The number of para-hydroxylation sites is 6. The van der Waals surface area contributed by atoms with Gasteiger partial charge in [0.25, 0.3) is 0 Å². The summed E-state index contributed by atoms with van der Waals surface area (Å²) in [4.78, 5) is 10.7. The van der Waals surface area contributed by atoms with Crippen molar-refractivity contribution in [1.82, 2.24) is 0 Å². The molecule has 7 rings (SSSR count). The van der Waals surface area contributed by atoms with Crippen molar-refractivity contribution in [2.75, 3.05) is 17.2 Å². The van der Waals surface area contributed by atoms with E-state index in [1.54, 1.807) is 12.1 Å². The SMILES string of the molecule is O=c1ccc2ccccc2o1.c1ccc2c(c1)CCN2.c1ccc2c(c1)Nc1ccccc1O2. The van der Waals surface area contributed by atoms with Gasteiger partial charge in [0.05, 0.1) is 11.4 Å².